The molecule has 0 atom stereocenters. The summed E-state index contributed by atoms with van der Waals surface area (Å²) in [5, 5.41) is 7.91. The van der Waals surface area contributed by atoms with Crippen LogP contribution >= 0.6 is 35.0 Å². The van der Waals surface area contributed by atoms with Crippen LogP contribution in [0.5, 0.6) is 0 Å². The minimum Gasteiger partial charge on any atom is -0.381 e. The third-order valence-electron chi connectivity index (χ3n) is 4.31. The summed E-state index contributed by atoms with van der Waals surface area (Å²) >= 11 is 14.2. The third-order valence-corrected chi connectivity index (χ3v) is 6.60. The van der Waals surface area contributed by atoms with E-state index in [1.165, 1.54) is 0 Å². The summed E-state index contributed by atoms with van der Waals surface area (Å²) in [6, 6.07) is 1.87. The highest BCUT2D eigenvalue weighted by Gasteiger charge is 2.32. The Morgan fingerprint density at radius 1 is 1.38 bits per heavy atom. The summed E-state index contributed by atoms with van der Waals surface area (Å²) in [4.78, 5) is 4.32. The molecule has 136 valence electrons. The SMILES string of the molecule is CCSC1(CNC(=NC)NCc2cc(Cl)c(Cl)n2C)CCOCC1. The first-order chi connectivity index (χ1) is 11.5. The van der Waals surface area contributed by atoms with Crippen molar-refractivity contribution in [3.63, 3.8) is 0 Å². The van der Waals surface area contributed by atoms with Crippen molar-refractivity contribution in [3.8, 4) is 0 Å². The van der Waals surface area contributed by atoms with Gasteiger partial charge in [-0.05, 0) is 24.7 Å². The van der Waals surface area contributed by atoms with E-state index >= 15 is 0 Å². The van der Waals surface area contributed by atoms with Crippen molar-refractivity contribution < 1.29 is 4.74 Å². The summed E-state index contributed by atoms with van der Waals surface area (Å²) in [5.74, 6) is 1.89. The molecule has 24 heavy (non-hydrogen) atoms. The molecule has 0 bridgehead atoms. The van der Waals surface area contributed by atoms with Gasteiger partial charge in [-0.3, -0.25) is 4.99 Å². The van der Waals surface area contributed by atoms with Gasteiger partial charge >= 0.3 is 0 Å². The van der Waals surface area contributed by atoms with Crippen LogP contribution in [0.1, 0.15) is 25.5 Å². The van der Waals surface area contributed by atoms with Crippen LogP contribution in [0.4, 0.5) is 0 Å². The summed E-state index contributed by atoms with van der Waals surface area (Å²) in [6.07, 6.45) is 2.14. The number of aromatic nitrogens is 1. The van der Waals surface area contributed by atoms with Crippen LogP contribution in [-0.2, 0) is 18.3 Å². The third kappa shape index (κ3) is 4.97. The molecular formula is C16H26Cl2N4OS. The van der Waals surface area contributed by atoms with Crippen molar-refractivity contribution in [1.29, 1.82) is 0 Å². The van der Waals surface area contributed by atoms with E-state index in [2.05, 4.69) is 22.5 Å². The fourth-order valence-corrected chi connectivity index (χ4v) is 4.48. The van der Waals surface area contributed by atoms with Crippen molar-refractivity contribution in [2.45, 2.75) is 31.1 Å². The highest BCUT2D eigenvalue weighted by molar-refractivity contribution is 8.00. The molecule has 8 heteroatoms. The van der Waals surface area contributed by atoms with Crippen LogP contribution in [0.3, 0.4) is 0 Å². The van der Waals surface area contributed by atoms with Crippen molar-refractivity contribution in [3.05, 3.63) is 21.9 Å². The van der Waals surface area contributed by atoms with Gasteiger partial charge in [-0.1, -0.05) is 30.1 Å². The number of hydrogen-bond acceptors (Lipinski definition) is 3. The topological polar surface area (TPSA) is 50.6 Å². The number of halogens is 2. The zero-order valence-electron chi connectivity index (χ0n) is 14.5. The minimum atomic E-state index is 0.224. The standard InChI is InChI=1S/C16H26Cl2N4OS/c1-4-24-16(5-7-23-8-6-16)11-21-15(19-2)20-10-12-9-13(17)14(18)22(12)3/h9H,4-8,10-11H2,1-3H3,(H2,19,20,21). The quantitative estimate of drug-likeness (QED) is 0.575. The first-order valence-electron chi connectivity index (χ1n) is 8.17. The van der Waals surface area contributed by atoms with Gasteiger partial charge in [-0.2, -0.15) is 11.8 Å². The molecule has 1 saturated heterocycles. The van der Waals surface area contributed by atoms with Crippen LogP contribution in [-0.4, -0.2) is 47.8 Å². The molecule has 2 rings (SSSR count). The van der Waals surface area contributed by atoms with Crippen molar-refractivity contribution in [2.24, 2.45) is 12.0 Å². The predicted molar refractivity (Wildman–Crippen MR) is 105 cm³/mol. The molecule has 0 saturated carbocycles. The Bertz CT molecular complexity index is 565. The molecule has 0 amide bonds. The van der Waals surface area contributed by atoms with Crippen LogP contribution in [0.15, 0.2) is 11.1 Å². The van der Waals surface area contributed by atoms with Crippen LogP contribution in [0.2, 0.25) is 10.2 Å². The van der Waals surface area contributed by atoms with Crippen molar-refractivity contribution in [1.82, 2.24) is 15.2 Å². The molecule has 0 radical (unpaired) electrons. The first-order valence-corrected chi connectivity index (χ1v) is 9.91. The maximum atomic E-state index is 6.11. The number of rotatable bonds is 6. The van der Waals surface area contributed by atoms with E-state index in [1.54, 1.807) is 7.05 Å². The van der Waals surface area contributed by atoms with E-state index in [4.69, 9.17) is 27.9 Å². The molecule has 0 aliphatic carbocycles. The number of guanidine groups is 1. The summed E-state index contributed by atoms with van der Waals surface area (Å²) < 4.78 is 7.62. The van der Waals surface area contributed by atoms with E-state index in [9.17, 15) is 0 Å². The summed E-state index contributed by atoms with van der Waals surface area (Å²) in [6.45, 7) is 5.36. The smallest absolute Gasteiger partial charge is 0.191 e. The van der Waals surface area contributed by atoms with Gasteiger partial charge in [0, 0.05) is 44.3 Å². The molecule has 1 aliphatic rings. The molecule has 1 aromatic heterocycles. The molecular weight excluding hydrogens is 367 g/mol. The highest BCUT2D eigenvalue weighted by Crippen LogP contribution is 2.34. The highest BCUT2D eigenvalue weighted by atomic mass is 35.5. The summed E-state index contributed by atoms with van der Waals surface area (Å²) in [7, 11) is 3.68. The normalized spacial score (nSPS) is 17.8. The Hall–Kier alpha value is -0.560. The fourth-order valence-electron chi connectivity index (χ4n) is 2.82. The lowest BCUT2D eigenvalue weighted by atomic mass is 9.99. The summed E-state index contributed by atoms with van der Waals surface area (Å²) in [5.41, 5.74) is 1.01. The van der Waals surface area contributed by atoms with E-state index in [-0.39, 0.29) is 4.75 Å². The van der Waals surface area contributed by atoms with Crippen LogP contribution < -0.4 is 10.6 Å². The van der Waals surface area contributed by atoms with Crippen molar-refractivity contribution >= 4 is 40.9 Å². The van der Waals surface area contributed by atoms with Gasteiger partial charge in [0.25, 0.3) is 0 Å². The number of hydrogen-bond donors (Lipinski definition) is 2. The Labute approximate surface area is 158 Å². The second-order valence-corrected chi connectivity index (χ2v) is 8.34. The van der Waals surface area contributed by atoms with Crippen molar-refractivity contribution in [2.75, 3.05) is 32.6 Å². The predicted octanol–water partition coefficient (Wildman–Crippen LogP) is 3.30. The molecule has 2 N–H and O–H groups in total. The molecule has 1 aliphatic heterocycles. The molecule has 0 spiro atoms. The molecule has 5 nitrogen and oxygen atoms in total. The van der Waals surface area contributed by atoms with Gasteiger partial charge in [0.05, 0.1) is 11.6 Å². The molecule has 0 unspecified atom stereocenters. The zero-order chi connectivity index (χ0) is 17.6. The second kappa shape index (κ2) is 9.22. The lowest BCUT2D eigenvalue weighted by molar-refractivity contribution is 0.0782. The number of thioether (sulfide) groups is 1. The average molecular weight is 393 g/mol. The maximum absolute atomic E-state index is 6.11. The minimum absolute atomic E-state index is 0.224. The molecule has 0 aromatic carbocycles. The van der Waals surface area contributed by atoms with Gasteiger partial charge < -0.3 is 19.9 Å². The number of nitrogens with one attached hydrogen (secondary N) is 2. The van der Waals surface area contributed by atoms with Crippen LogP contribution in [0.25, 0.3) is 0 Å². The number of ether oxygens (including phenoxy) is 1. The van der Waals surface area contributed by atoms with E-state index in [0.717, 1.165) is 50.0 Å². The lowest BCUT2D eigenvalue weighted by Gasteiger charge is -2.37. The van der Waals surface area contributed by atoms with Gasteiger partial charge in [0.15, 0.2) is 5.96 Å². The average Bonchev–Trinajstić information content (AvgIpc) is 2.83. The molecule has 1 aromatic rings. The van der Waals surface area contributed by atoms with Crippen LogP contribution in [0, 0.1) is 0 Å². The largest absolute Gasteiger partial charge is 0.381 e. The monoisotopic (exact) mass is 392 g/mol. The Kier molecular flexibility index (Phi) is 7.60. The fraction of sp³-hybridized carbons (Fsp3) is 0.688. The van der Waals surface area contributed by atoms with Gasteiger partial charge in [0.1, 0.15) is 5.15 Å². The van der Waals surface area contributed by atoms with E-state index in [1.807, 2.05) is 29.4 Å². The zero-order valence-corrected chi connectivity index (χ0v) is 16.8. The van der Waals surface area contributed by atoms with E-state index in [0.29, 0.717) is 16.7 Å². The van der Waals surface area contributed by atoms with E-state index < -0.39 is 0 Å². The lowest BCUT2D eigenvalue weighted by Crippen LogP contribution is -2.48. The molecule has 2 heterocycles. The first kappa shape index (κ1) is 19.8. The maximum Gasteiger partial charge on any atom is 0.191 e. The second-order valence-electron chi connectivity index (χ2n) is 5.84. The van der Waals surface area contributed by atoms with Gasteiger partial charge in [-0.25, -0.2) is 0 Å². The number of aliphatic imine (C=N–C) groups is 1. The Balaban J connectivity index is 1.90. The Morgan fingerprint density at radius 2 is 2.08 bits per heavy atom. The molecule has 1 fully saturated rings. The Morgan fingerprint density at radius 3 is 2.62 bits per heavy atom. The number of nitrogens with zero attached hydrogens (tertiary/aromatic N) is 2. The van der Waals surface area contributed by atoms with Gasteiger partial charge in [-0.15, -0.1) is 0 Å². The van der Waals surface area contributed by atoms with Gasteiger partial charge in [0.2, 0.25) is 0 Å².